The molecule has 0 bridgehead atoms. The lowest BCUT2D eigenvalue weighted by atomic mass is 9.66. The molecule has 1 aliphatic heterocycles. The molecule has 0 radical (unpaired) electrons. The molecule has 0 N–H and O–H groups in total. The zero-order chi connectivity index (χ0) is 33.1. The van der Waals surface area contributed by atoms with Crippen molar-refractivity contribution in [2.24, 2.45) is 0 Å². The van der Waals surface area contributed by atoms with E-state index >= 15 is 0 Å². The molecule has 1 atom stereocenters. The maximum Gasteiger partial charge on any atom is 0.164 e. The summed E-state index contributed by atoms with van der Waals surface area (Å²) in [5.74, 6) is 3.99. The molecule has 1 unspecified atom stereocenters. The van der Waals surface area contributed by atoms with Crippen molar-refractivity contribution in [2.75, 3.05) is 0 Å². The second kappa shape index (κ2) is 11.4. The van der Waals surface area contributed by atoms with Gasteiger partial charge in [0.2, 0.25) is 0 Å². The molecule has 4 nitrogen and oxygen atoms in total. The topological polar surface area (TPSA) is 47.9 Å². The lowest BCUT2D eigenvalue weighted by molar-refractivity contribution is 0.436. The van der Waals surface area contributed by atoms with Crippen LogP contribution in [0.25, 0.3) is 45.3 Å². The highest BCUT2D eigenvalue weighted by atomic mass is 16.5. The van der Waals surface area contributed by atoms with Crippen molar-refractivity contribution in [3.63, 3.8) is 0 Å². The van der Waals surface area contributed by atoms with Crippen LogP contribution < -0.4 is 4.74 Å². The predicted octanol–water partition coefficient (Wildman–Crippen LogP) is 10.9. The summed E-state index contributed by atoms with van der Waals surface area (Å²) in [5.41, 5.74) is 10.7. The van der Waals surface area contributed by atoms with Crippen LogP contribution >= 0.6 is 0 Å². The van der Waals surface area contributed by atoms with Crippen LogP contribution in [0.5, 0.6) is 11.5 Å². The highest BCUT2D eigenvalue weighted by Gasteiger charge is 2.51. The summed E-state index contributed by atoms with van der Waals surface area (Å²) >= 11 is 0. The maximum atomic E-state index is 6.67. The minimum atomic E-state index is -0.565. The van der Waals surface area contributed by atoms with Crippen LogP contribution in [-0.4, -0.2) is 15.0 Å². The number of para-hydroxylation sites is 1. The van der Waals surface area contributed by atoms with Gasteiger partial charge in [-0.3, -0.25) is 0 Å². The predicted molar refractivity (Wildman–Crippen MR) is 199 cm³/mol. The van der Waals surface area contributed by atoms with Crippen LogP contribution in [0.4, 0.5) is 0 Å². The highest BCUT2D eigenvalue weighted by molar-refractivity contribution is 5.89. The van der Waals surface area contributed by atoms with Crippen molar-refractivity contribution in [3.8, 4) is 56.8 Å². The van der Waals surface area contributed by atoms with Gasteiger partial charge < -0.3 is 4.74 Å². The van der Waals surface area contributed by atoms with E-state index in [1.165, 1.54) is 27.8 Å². The minimum Gasteiger partial charge on any atom is -0.457 e. The number of aromatic nitrogens is 3. The summed E-state index contributed by atoms with van der Waals surface area (Å²) in [4.78, 5) is 15.3. The number of benzene rings is 6. The van der Waals surface area contributed by atoms with Gasteiger partial charge in [-0.05, 0) is 58.5 Å². The number of nitrogens with zero attached hydrogens (tertiary/aromatic N) is 3. The molecule has 7 aromatic rings. The third kappa shape index (κ3) is 4.35. The van der Waals surface area contributed by atoms with Crippen LogP contribution in [0.15, 0.2) is 170 Å². The Balaban J connectivity index is 1.17. The number of allylic oxidation sites excluding steroid dienone is 4. The number of ether oxygens (including phenoxy) is 1. The first-order valence-electron chi connectivity index (χ1n) is 17.1. The van der Waals surface area contributed by atoms with Gasteiger partial charge in [0, 0.05) is 33.7 Å². The summed E-state index contributed by atoms with van der Waals surface area (Å²) in [5, 5.41) is 0. The average molecular weight is 642 g/mol. The molecule has 50 heavy (non-hydrogen) atoms. The van der Waals surface area contributed by atoms with Gasteiger partial charge in [-0.25, -0.2) is 15.0 Å². The smallest absolute Gasteiger partial charge is 0.164 e. The summed E-state index contributed by atoms with van der Waals surface area (Å²) in [7, 11) is 0. The molecule has 1 spiro atoms. The Bertz CT molecular complexity index is 2450. The third-order valence-corrected chi connectivity index (χ3v) is 10.4. The maximum absolute atomic E-state index is 6.67. The summed E-state index contributed by atoms with van der Waals surface area (Å²) < 4.78 is 6.67. The van der Waals surface area contributed by atoms with E-state index in [0.717, 1.165) is 45.7 Å². The van der Waals surface area contributed by atoms with Crippen molar-refractivity contribution in [1.82, 2.24) is 15.0 Å². The van der Waals surface area contributed by atoms with Crippen LogP contribution in [0.2, 0.25) is 0 Å². The van der Waals surface area contributed by atoms with Crippen molar-refractivity contribution < 1.29 is 4.74 Å². The van der Waals surface area contributed by atoms with E-state index in [1.54, 1.807) is 0 Å². The van der Waals surface area contributed by atoms with E-state index in [-0.39, 0.29) is 0 Å². The molecule has 0 fully saturated rings. The van der Waals surface area contributed by atoms with Crippen molar-refractivity contribution in [2.45, 2.75) is 17.8 Å². The number of fused-ring (bicyclic) bond motifs is 9. The van der Waals surface area contributed by atoms with Crippen LogP contribution in [0.3, 0.4) is 0 Å². The highest BCUT2D eigenvalue weighted by Crippen LogP contribution is 2.62. The molecule has 1 aromatic heterocycles. The van der Waals surface area contributed by atoms with Crippen LogP contribution in [-0.2, 0) is 5.41 Å². The fourth-order valence-corrected chi connectivity index (χ4v) is 8.05. The standard InChI is InChI=1S/C46H31N3O/c1-3-13-30(14-4-1)31-23-25-33(26-24-31)44-47-43(32-15-5-2-6-16-32)48-45(49-44)34-27-28-42-40(29-34)46(39-21-11-12-22-41(39)50-42)37-19-9-7-17-35(37)36-18-8-10-20-38(36)46/h1-13,15-30H,14H2. The van der Waals surface area contributed by atoms with E-state index in [4.69, 9.17) is 19.7 Å². The summed E-state index contributed by atoms with van der Waals surface area (Å²) in [6, 6.07) is 51.2. The van der Waals surface area contributed by atoms with E-state index < -0.39 is 5.41 Å². The van der Waals surface area contributed by atoms with Gasteiger partial charge in [0.15, 0.2) is 17.5 Å². The lowest BCUT2D eigenvalue weighted by Gasteiger charge is -2.39. The Kier molecular flexibility index (Phi) is 6.50. The lowest BCUT2D eigenvalue weighted by Crippen LogP contribution is -2.32. The molecule has 2 heterocycles. The molecule has 6 aromatic carbocycles. The first-order valence-corrected chi connectivity index (χ1v) is 17.1. The Hall–Kier alpha value is -6.39. The largest absolute Gasteiger partial charge is 0.457 e. The van der Waals surface area contributed by atoms with E-state index in [1.807, 2.05) is 36.4 Å². The van der Waals surface area contributed by atoms with Gasteiger partial charge in [-0.1, -0.05) is 146 Å². The second-order valence-corrected chi connectivity index (χ2v) is 13.1. The van der Waals surface area contributed by atoms with Crippen LogP contribution in [0.1, 0.15) is 40.2 Å². The van der Waals surface area contributed by atoms with Crippen molar-refractivity contribution in [3.05, 3.63) is 198 Å². The zero-order valence-corrected chi connectivity index (χ0v) is 27.2. The number of hydrogen-bond donors (Lipinski definition) is 0. The number of rotatable bonds is 4. The Morgan fingerprint density at radius 3 is 1.72 bits per heavy atom. The molecule has 10 rings (SSSR count). The Morgan fingerprint density at radius 2 is 1.04 bits per heavy atom. The van der Waals surface area contributed by atoms with Gasteiger partial charge in [0.05, 0.1) is 5.41 Å². The van der Waals surface area contributed by atoms with Gasteiger partial charge in [0.25, 0.3) is 0 Å². The SMILES string of the molecule is C1=CCC(c2ccc(-c3nc(-c4ccccc4)nc(-c4ccc5c(c4)C4(c6ccccc6O5)c5ccccc5-c5ccccc54)n3)cc2)C=C1. The molecule has 4 heteroatoms. The van der Waals surface area contributed by atoms with Gasteiger partial charge in [-0.2, -0.15) is 0 Å². The van der Waals surface area contributed by atoms with Gasteiger partial charge >= 0.3 is 0 Å². The quantitative estimate of drug-likeness (QED) is 0.192. The van der Waals surface area contributed by atoms with Crippen LogP contribution in [0, 0.1) is 0 Å². The van der Waals surface area contributed by atoms with Gasteiger partial charge in [0.1, 0.15) is 11.5 Å². The molecule has 0 amide bonds. The first-order chi connectivity index (χ1) is 24.8. The van der Waals surface area contributed by atoms with Crippen molar-refractivity contribution >= 4 is 0 Å². The van der Waals surface area contributed by atoms with E-state index in [0.29, 0.717) is 23.4 Å². The Labute approximate surface area is 291 Å². The fourth-order valence-electron chi connectivity index (χ4n) is 8.05. The monoisotopic (exact) mass is 641 g/mol. The molecular weight excluding hydrogens is 611 g/mol. The van der Waals surface area contributed by atoms with E-state index in [9.17, 15) is 0 Å². The Morgan fingerprint density at radius 1 is 0.480 bits per heavy atom. The number of hydrogen-bond acceptors (Lipinski definition) is 4. The van der Waals surface area contributed by atoms with Crippen molar-refractivity contribution in [1.29, 1.82) is 0 Å². The molecular formula is C46H31N3O. The molecule has 3 aliphatic rings. The molecule has 0 saturated carbocycles. The molecule has 236 valence electrons. The summed E-state index contributed by atoms with van der Waals surface area (Å²) in [6.07, 6.45) is 9.72. The fraction of sp³-hybridized carbons (Fsp3) is 0.0652. The first kappa shape index (κ1) is 28.6. The summed E-state index contributed by atoms with van der Waals surface area (Å²) in [6.45, 7) is 0. The second-order valence-electron chi connectivity index (χ2n) is 13.1. The molecule has 0 saturated heterocycles. The van der Waals surface area contributed by atoms with Gasteiger partial charge in [-0.15, -0.1) is 0 Å². The zero-order valence-electron chi connectivity index (χ0n) is 27.2. The molecule has 2 aliphatic carbocycles. The van der Waals surface area contributed by atoms with E-state index in [2.05, 4.69) is 133 Å². The minimum absolute atomic E-state index is 0.379. The normalized spacial score (nSPS) is 15.9. The third-order valence-electron chi connectivity index (χ3n) is 10.4. The average Bonchev–Trinajstić information content (AvgIpc) is 3.49.